The predicted octanol–water partition coefficient (Wildman–Crippen LogP) is 8.75. The van der Waals surface area contributed by atoms with Crippen LogP contribution in [0.2, 0.25) is 0 Å². The Bertz CT molecular complexity index is 984. The van der Waals surface area contributed by atoms with Gasteiger partial charge >= 0.3 is 13.8 Å². The maximum absolute atomic E-state index is 12.8. The van der Waals surface area contributed by atoms with Crippen molar-refractivity contribution in [1.29, 1.82) is 0 Å². The zero-order valence-electron chi connectivity index (χ0n) is 35.2. The third-order valence-electron chi connectivity index (χ3n) is 10.6. The Balaban J connectivity index is 2.40. The Kier molecular flexibility index (Phi) is 33.1. The number of phosphoric acid groups is 1. The second-order valence-corrected chi connectivity index (χ2v) is 17.3. The summed E-state index contributed by atoms with van der Waals surface area (Å²) in [4.78, 5) is 23.1. The highest BCUT2D eigenvalue weighted by Crippen LogP contribution is 2.47. The van der Waals surface area contributed by atoms with Crippen LogP contribution in [0.1, 0.15) is 194 Å². The van der Waals surface area contributed by atoms with Crippen molar-refractivity contribution in [3.8, 4) is 0 Å². The monoisotopic (exact) mass is 823 g/mol. The fourth-order valence-corrected chi connectivity index (χ4v) is 7.97. The van der Waals surface area contributed by atoms with Crippen LogP contribution >= 0.6 is 7.82 Å². The first-order chi connectivity index (χ1) is 27.0. The molecular formula is C43H83O12P. The van der Waals surface area contributed by atoms with Crippen LogP contribution in [0.25, 0.3) is 0 Å². The Hall–Kier alpha value is -0.920. The average Bonchev–Trinajstić information content (AvgIpc) is 3.18. The summed E-state index contributed by atoms with van der Waals surface area (Å²) < 4.78 is 34.1. The van der Waals surface area contributed by atoms with E-state index in [0.29, 0.717) is 13.0 Å². The molecule has 332 valence electrons. The molecule has 0 aromatic rings. The van der Waals surface area contributed by atoms with E-state index in [1.165, 1.54) is 116 Å². The highest BCUT2D eigenvalue weighted by Gasteiger charge is 2.51. The van der Waals surface area contributed by atoms with Gasteiger partial charge in [-0.25, -0.2) is 4.57 Å². The topological polar surface area (TPSA) is 192 Å². The van der Waals surface area contributed by atoms with Gasteiger partial charge in [0, 0.05) is 13.0 Å². The van der Waals surface area contributed by atoms with Gasteiger partial charge in [-0.15, -0.1) is 0 Å². The van der Waals surface area contributed by atoms with E-state index in [9.17, 15) is 39.8 Å². The summed E-state index contributed by atoms with van der Waals surface area (Å²) in [7, 11) is -5.01. The van der Waals surface area contributed by atoms with Gasteiger partial charge in [-0.3, -0.25) is 13.8 Å². The average molecular weight is 823 g/mol. The standard InChI is InChI=1S/C43H83O12P/c1-3-5-7-9-11-13-15-17-18-19-20-22-24-26-28-30-32-37(44)54-36(34-52-33-31-29-27-25-23-21-16-14-12-10-8-6-4-2)35-53-56(50,51)55-43-41(48)39(46)38(45)40(47)42(43)49/h12,14,36,38-43,45-49H,3-11,13,15-35H2,1-2H3,(H,50,51)/b14-12-. The molecule has 1 fully saturated rings. The first-order valence-electron chi connectivity index (χ1n) is 22.5. The number of hydrogen-bond acceptors (Lipinski definition) is 11. The molecule has 1 aliphatic carbocycles. The molecule has 1 saturated carbocycles. The van der Waals surface area contributed by atoms with Gasteiger partial charge < -0.3 is 39.9 Å². The summed E-state index contributed by atoms with van der Waals surface area (Å²) in [6.45, 7) is 4.24. The Morgan fingerprint density at radius 3 is 1.45 bits per heavy atom. The molecule has 0 spiro atoms. The SMILES string of the molecule is CCCCC/C=C\CCCCCCCCOCC(COP(=O)(O)OC1C(O)C(O)C(O)C(O)C1O)OC(=O)CCCCCCCCCCCCCCCCCC. The highest BCUT2D eigenvalue weighted by molar-refractivity contribution is 7.47. The second kappa shape index (κ2) is 34.9. The number of unbranched alkanes of at least 4 members (excludes halogenated alkanes) is 24. The van der Waals surface area contributed by atoms with Gasteiger partial charge in [0.25, 0.3) is 0 Å². The van der Waals surface area contributed by atoms with Crippen molar-refractivity contribution in [2.24, 2.45) is 0 Å². The number of aliphatic hydroxyl groups excluding tert-OH is 5. The summed E-state index contributed by atoms with van der Waals surface area (Å²) in [5, 5.41) is 50.1. The third-order valence-corrected chi connectivity index (χ3v) is 11.6. The molecule has 13 heteroatoms. The molecular weight excluding hydrogens is 739 g/mol. The van der Waals surface area contributed by atoms with Crippen LogP contribution in [0, 0.1) is 0 Å². The Labute approximate surface area is 339 Å². The Morgan fingerprint density at radius 1 is 0.554 bits per heavy atom. The lowest BCUT2D eigenvalue weighted by Gasteiger charge is -2.41. The van der Waals surface area contributed by atoms with Crippen LogP contribution in [-0.2, 0) is 27.9 Å². The van der Waals surface area contributed by atoms with Crippen LogP contribution in [0.5, 0.6) is 0 Å². The quantitative estimate of drug-likeness (QED) is 0.0150. The van der Waals surface area contributed by atoms with E-state index in [-0.39, 0.29) is 13.0 Å². The molecule has 6 unspecified atom stereocenters. The van der Waals surface area contributed by atoms with Crippen LogP contribution in [0.4, 0.5) is 0 Å². The van der Waals surface area contributed by atoms with E-state index in [1.54, 1.807) is 0 Å². The van der Waals surface area contributed by atoms with Gasteiger partial charge in [0.15, 0.2) is 0 Å². The molecule has 0 radical (unpaired) electrons. The molecule has 0 saturated heterocycles. The molecule has 12 nitrogen and oxygen atoms in total. The number of hydrogen-bond donors (Lipinski definition) is 6. The molecule has 0 bridgehead atoms. The normalized spacial score (nSPS) is 23.1. The van der Waals surface area contributed by atoms with Gasteiger partial charge in [0.2, 0.25) is 0 Å². The molecule has 0 heterocycles. The molecule has 6 N–H and O–H groups in total. The van der Waals surface area contributed by atoms with Crippen molar-refractivity contribution in [3.05, 3.63) is 12.2 Å². The number of rotatable bonds is 38. The first-order valence-corrected chi connectivity index (χ1v) is 24.0. The summed E-state index contributed by atoms with van der Waals surface area (Å²) >= 11 is 0. The van der Waals surface area contributed by atoms with Gasteiger partial charge in [-0.05, 0) is 38.5 Å². The number of carbonyl (C=O) groups excluding carboxylic acids is 1. The number of phosphoric ester groups is 1. The molecule has 6 atom stereocenters. The molecule has 1 rings (SSSR count). The Morgan fingerprint density at radius 2 is 0.946 bits per heavy atom. The number of carbonyl (C=O) groups is 1. The number of esters is 1. The van der Waals surface area contributed by atoms with E-state index in [4.69, 9.17) is 18.5 Å². The molecule has 0 aliphatic heterocycles. The molecule has 0 aromatic heterocycles. The van der Waals surface area contributed by atoms with Gasteiger partial charge in [-0.1, -0.05) is 161 Å². The van der Waals surface area contributed by atoms with Crippen LogP contribution in [0.15, 0.2) is 12.2 Å². The summed E-state index contributed by atoms with van der Waals surface area (Å²) in [5.41, 5.74) is 0. The van der Waals surface area contributed by atoms with Gasteiger partial charge in [-0.2, -0.15) is 0 Å². The summed E-state index contributed by atoms with van der Waals surface area (Å²) in [6.07, 6.45) is 24.2. The zero-order chi connectivity index (χ0) is 41.3. The van der Waals surface area contributed by atoms with Crippen LogP contribution in [0.3, 0.4) is 0 Å². The van der Waals surface area contributed by atoms with E-state index >= 15 is 0 Å². The zero-order valence-corrected chi connectivity index (χ0v) is 36.1. The lowest BCUT2D eigenvalue weighted by atomic mass is 9.85. The lowest BCUT2D eigenvalue weighted by Crippen LogP contribution is -2.64. The molecule has 0 amide bonds. The smallest absolute Gasteiger partial charge is 0.457 e. The summed E-state index contributed by atoms with van der Waals surface area (Å²) in [5.74, 6) is -0.476. The van der Waals surface area contributed by atoms with E-state index in [0.717, 1.165) is 51.4 Å². The van der Waals surface area contributed by atoms with E-state index in [2.05, 4.69) is 26.0 Å². The fourth-order valence-electron chi connectivity index (χ4n) is 7.00. The maximum atomic E-state index is 12.8. The van der Waals surface area contributed by atoms with Crippen molar-refractivity contribution >= 4 is 13.8 Å². The minimum atomic E-state index is -5.01. The van der Waals surface area contributed by atoms with E-state index in [1.807, 2.05) is 0 Å². The molecule has 56 heavy (non-hydrogen) atoms. The van der Waals surface area contributed by atoms with Crippen molar-refractivity contribution in [2.75, 3.05) is 19.8 Å². The minimum absolute atomic E-state index is 0.0758. The third kappa shape index (κ3) is 27.0. The number of ether oxygens (including phenoxy) is 2. The fraction of sp³-hybridized carbons (Fsp3) is 0.930. The van der Waals surface area contributed by atoms with Crippen molar-refractivity contribution in [3.63, 3.8) is 0 Å². The largest absolute Gasteiger partial charge is 0.472 e. The van der Waals surface area contributed by atoms with Crippen molar-refractivity contribution in [1.82, 2.24) is 0 Å². The second-order valence-electron chi connectivity index (χ2n) is 15.9. The predicted molar refractivity (Wildman–Crippen MR) is 221 cm³/mol. The first kappa shape index (κ1) is 53.1. The number of allylic oxidation sites excluding steroid dienone is 2. The molecule has 1 aliphatic rings. The van der Waals surface area contributed by atoms with E-state index < -0.39 is 63.1 Å². The summed E-state index contributed by atoms with van der Waals surface area (Å²) in [6, 6.07) is 0. The molecule has 0 aromatic carbocycles. The van der Waals surface area contributed by atoms with Gasteiger partial charge in [0.1, 0.15) is 42.7 Å². The van der Waals surface area contributed by atoms with Crippen LogP contribution in [-0.4, -0.2) is 98.9 Å². The van der Waals surface area contributed by atoms with Crippen molar-refractivity contribution < 1.29 is 58.3 Å². The number of aliphatic hydroxyl groups is 5. The minimum Gasteiger partial charge on any atom is -0.457 e. The lowest BCUT2D eigenvalue weighted by molar-refractivity contribution is -0.220. The van der Waals surface area contributed by atoms with Gasteiger partial charge in [0.05, 0.1) is 13.2 Å². The maximum Gasteiger partial charge on any atom is 0.472 e. The van der Waals surface area contributed by atoms with Crippen LogP contribution < -0.4 is 0 Å². The highest BCUT2D eigenvalue weighted by atomic mass is 31.2. The van der Waals surface area contributed by atoms with Crippen molar-refractivity contribution in [2.45, 2.75) is 236 Å².